The molecule has 2 heterocycles. The molecule has 1 atom stereocenters. The van der Waals surface area contributed by atoms with E-state index in [0.29, 0.717) is 0 Å². The van der Waals surface area contributed by atoms with Gasteiger partial charge < -0.3 is 10.6 Å². The van der Waals surface area contributed by atoms with Gasteiger partial charge in [-0.3, -0.25) is 9.78 Å². The normalized spacial score (nSPS) is 21.1. The Kier molecular flexibility index (Phi) is 5.50. The van der Waals surface area contributed by atoms with Crippen LogP contribution in [-0.2, 0) is 4.79 Å². The van der Waals surface area contributed by atoms with E-state index >= 15 is 0 Å². The lowest BCUT2D eigenvalue weighted by Gasteiger charge is -2.23. The summed E-state index contributed by atoms with van der Waals surface area (Å²) in [5.74, 6) is 0.361. The van der Waals surface area contributed by atoms with Gasteiger partial charge in [0.2, 0.25) is 5.91 Å². The molecule has 1 spiro atoms. The van der Waals surface area contributed by atoms with Gasteiger partial charge in [-0.2, -0.15) is 0 Å². The monoisotopic (exact) mass is 353 g/mol. The number of nitrogens with zero attached hydrogens (tertiary/aromatic N) is 1. The Balaban J connectivity index is 0.000000960. The average Bonchev–Trinajstić information content (AvgIpc) is 3.22. The summed E-state index contributed by atoms with van der Waals surface area (Å²) in [5, 5.41) is 7.50. The van der Waals surface area contributed by atoms with Gasteiger partial charge in [0.25, 0.3) is 0 Å². The van der Waals surface area contributed by atoms with Crippen LogP contribution in [0.1, 0.15) is 19.3 Å². The molecule has 1 unspecified atom stereocenters. The molecule has 4 rings (SSSR count). The highest BCUT2D eigenvalue weighted by Crippen LogP contribution is 2.58. The fourth-order valence-electron chi connectivity index (χ4n) is 3.63. The Morgan fingerprint density at radius 3 is 2.74 bits per heavy atom. The Morgan fingerprint density at radius 1 is 1.17 bits per heavy atom. The molecule has 0 radical (unpaired) electrons. The number of aromatic nitrogens is 1. The topological polar surface area (TPSA) is 54.0 Å². The number of piperidine rings is 1. The van der Waals surface area contributed by atoms with E-state index in [9.17, 15) is 4.79 Å². The Bertz CT molecular complexity index is 696. The highest BCUT2D eigenvalue weighted by Gasteiger charge is 2.57. The largest absolute Gasteiger partial charge is 0.325 e. The molecule has 4 nitrogen and oxygen atoms in total. The number of fused-ring (bicyclic) bond motifs is 1. The van der Waals surface area contributed by atoms with Crippen LogP contribution in [0, 0.1) is 11.3 Å². The van der Waals surface area contributed by atoms with Crippen molar-refractivity contribution in [2.75, 3.05) is 18.4 Å². The van der Waals surface area contributed by atoms with Crippen molar-refractivity contribution in [1.82, 2.24) is 10.3 Å². The number of carbonyl (C=O) groups excluding carboxylic acids is 1. The van der Waals surface area contributed by atoms with E-state index in [1.54, 1.807) is 6.20 Å². The van der Waals surface area contributed by atoms with Crippen LogP contribution in [0.15, 0.2) is 36.5 Å². The molecule has 1 aromatic carbocycles. The van der Waals surface area contributed by atoms with E-state index in [-0.39, 0.29) is 42.1 Å². The molecule has 6 heteroatoms. The number of rotatable bonds is 2. The van der Waals surface area contributed by atoms with E-state index in [2.05, 4.69) is 15.6 Å². The first-order chi connectivity index (χ1) is 10.3. The number of halogens is 2. The second-order valence-corrected chi connectivity index (χ2v) is 6.23. The highest BCUT2D eigenvalue weighted by atomic mass is 35.5. The van der Waals surface area contributed by atoms with Crippen LogP contribution in [0.4, 0.5) is 5.69 Å². The zero-order chi connectivity index (χ0) is 14.3. The van der Waals surface area contributed by atoms with E-state index in [1.165, 1.54) is 0 Å². The third kappa shape index (κ3) is 3.30. The van der Waals surface area contributed by atoms with E-state index in [1.807, 2.05) is 30.3 Å². The molecule has 1 amide bonds. The van der Waals surface area contributed by atoms with Gasteiger partial charge in [-0.15, -0.1) is 24.8 Å². The molecule has 23 heavy (non-hydrogen) atoms. The minimum atomic E-state index is 0. The first-order valence-electron chi connectivity index (χ1n) is 7.64. The SMILES string of the molecule is Cl.Cl.O=C(Nc1cccc2ncccc12)C1CC12CCNCC2. The smallest absolute Gasteiger partial charge is 0.228 e. The van der Waals surface area contributed by atoms with Crippen molar-refractivity contribution in [1.29, 1.82) is 0 Å². The molecule has 124 valence electrons. The van der Waals surface area contributed by atoms with Gasteiger partial charge in [-0.1, -0.05) is 6.07 Å². The third-order valence-electron chi connectivity index (χ3n) is 5.01. The van der Waals surface area contributed by atoms with Gasteiger partial charge in [0, 0.05) is 17.5 Å². The quantitative estimate of drug-likeness (QED) is 0.869. The maximum absolute atomic E-state index is 12.5. The molecule has 1 aliphatic heterocycles. The Hall–Kier alpha value is -1.36. The second kappa shape index (κ2) is 7.04. The number of hydrogen-bond donors (Lipinski definition) is 2. The molecular weight excluding hydrogens is 333 g/mol. The summed E-state index contributed by atoms with van der Waals surface area (Å²) < 4.78 is 0. The average molecular weight is 354 g/mol. The van der Waals surface area contributed by atoms with Crippen LogP contribution in [-0.4, -0.2) is 24.0 Å². The summed E-state index contributed by atoms with van der Waals surface area (Å²) >= 11 is 0. The van der Waals surface area contributed by atoms with Gasteiger partial charge in [0.15, 0.2) is 0 Å². The molecule has 2 N–H and O–H groups in total. The molecule has 1 saturated heterocycles. The molecule has 2 aliphatic rings. The minimum absolute atomic E-state index is 0. The van der Waals surface area contributed by atoms with Crippen LogP contribution >= 0.6 is 24.8 Å². The maximum atomic E-state index is 12.5. The van der Waals surface area contributed by atoms with Crippen LogP contribution in [0.3, 0.4) is 0 Å². The number of anilines is 1. The lowest BCUT2D eigenvalue weighted by Crippen LogP contribution is -2.31. The van der Waals surface area contributed by atoms with Crippen LogP contribution in [0.25, 0.3) is 10.9 Å². The summed E-state index contributed by atoms with van der Waals surface area (Å²) in [4.78, 5) is 16.9. The van der Waals surface area contributed by atoms with Gasteiger partial charge in [0.05, 0.1) is 11.2 Å². The first-order valence-corrected chi connectivity index (χ1v) is 7.64. The molecule has 2 fully saturated rings. The van der Waals surface area contributed by atoms with Gasteiger partial charge in [-0.25, -0.2) is 0 Å². The molecule has 1 aromatic heterocycles. The van der Waals surface area contributed by atoms with Crippen LogP contribution in [0.5, 0.6) is 0 Å². The van der Waals surface area contributed by atoms with Crippen molar-refractivity contribution >= 4 is 47.3 Å². The number of pyridine rings is 1. The number of hydrogen-bond acceptors (Lipinski definition) is 3. The third-order valence-corrected chi connectivity index (χ3v) is 5.01. The predicted molar refractivity (Wildman–Crippen MR) is 97.5 cm³/mol. The van der Waals surface area contributed by atoms with Crippen molar-refractivity contribution in [3.63, 3.8) is 0 Å². The second-order valence-electron chi connectivity index (χ2n) is 6.23. The summed E-state index contributed by atoms with van der Waals surface area (Å²) in [5.41, 5.74) is 2.07. The number of nitrogens with one attached hydrogen (secondary N) is 2. The predicted octanol–water partition coefficient (Wildman–Crippen LogP) is 3.41. The lowest BCUT2D eigenvalue weighted by molar-refractivity contribution is -0.118. The van der Waals surface area contributed by atoms with Gasteiger partial charge in [-0.05, 0) is 62.0 Å². The number of amides is 1. The molecule has 2 aromatic rings. The van der Waals surface area contributed by atoms with Crippen molar-refractivity contribution < 1.29 is 4.79 Å². The van der Waals surface area contributed by atoms with E-state index in [0.717, 1.165) is 48.9 Å². The van der Waals surface area contributed by atoms with E-state index in [4.69, 9.17) is 0 Å². The Morgan fingerprint density at radius 2 is 1.96 bits per heavy atom. The zero-order valence-corrected chi connectivity index (χ0v) is 14.4. The van der Waals surface area contributed by atoms with Crippen molar-refractivity contribution in [3.05, 3.63) is 36.5 Å². The standard InChI is InChI=1S/C17H19N3O.2ClH/c21-16(13-11-17(13)6-9-18-10-7-17)20-15-5-1-4-14-12(15)3-2-8-19-14;;/h1-5,8,13,18H,6-7,9-11H2,(H,20,21);2*1H. The lowest BCUT2D eigenvalue weighted by atomic mass is 9.91. The fraction of sp³-hybridized carbons (Fsp3) is 0.412. The van der Waals surface area contributed by atoms with Crippen LogP contribution < -0.4 is 10.6 Å². The minimum Gasteiger partial charge on any atom is -0.325 e. The zero-order valence-electron chi connectivity index (χ0n) is 12.7. The van der Waals surface area contributed by atoms with Crippen molar-refractivity contribution in [3.8, 4) is 0 Å². The number of benzene rings is 1. The maximum Gasteiger partial charge on any atom is 0.228 e. The van der Waals surface area contributed by atoms with E-state index < -0.39 is 0 Å². The van der Waals surface area contributed by atoms with Crippen molar-refractivity contribution in [2.45, 2.75) is 19.3 Å². The van der Waals surface area contributed by atoms with Gasteiger partial charge >= 0.3 is 0 Å². The molecule has 0 bridgehead atoms. The highest BCUT2D eigenvalue weighted by molar-refractivity contribution is 6.02. The Labute approximate surface area is 148 Å². The summed E-state index contributed by atoms with van der Waals surface area (Å²) in [6.07, 6.45) is 5.08. The molecule has 1 saturated carbocycles. The van der Waals surface area contributed by atoms with Gasteiger partial charge in [0.1, 0.15) is 0 Å². The summed E-state index contributed by atoms with van der Waals surface area (Å²) in [6.45, 7) is 2.09. The van der Waals surface area contributed by atoms with Crippen molar-refractivity contribution in [2.24, 2.45) is 11.3 Å². The number of carbonyl (C=O) groups is 1. The summed E-state index contributed by atoms with van der Waals surface area (Å²) in [7, 11) is 0. The fourth-order valence-corrected chi connectivity index (χ4v) is 3.63. The molecule has 1 aliphatic carbocycles. The van der Waals surface area contributed by atoms with Crippen LogP contribution in [0.2, 0.25) is 0 Å². The summed E-state index contributed by atoms with van der Waals surface area (Å²) in [6, 6.07) is 9.78. The molecular formula is C17H21Cl2N3O. The first kappa shape index (κ1) is 18.0.